The highest BCUT2D eigenvalue weighted by atomic mass is 16.5. The molecule has 0 spiro atoms. The van der Waals surface area contributed by atoms with Gasteiger partial charge in [-0.3, -0.25) is 14.4 Å². The number of hydrogen-bond donors (Lipinski definition) is 1. The Morgan fingerprint density at radius 2 is 1.81 bits per heavy atom. The minimum absolute atomic E-state index is 0.0429. The zero-order chi connectivity index (χ0) is 37.2. The fraction of sp³-hybridized carbons (Fsp3) is 0.488. The lowest BCUT2D eigenvalue weighted by molar-refractivity contribution is -0.151. The van der Waals surface area contributed by atoms with E-state index in [1.165, 1.54) is 0 Å². The maximum atomic E-state index is 14.7. The normalized spacial score (nSPS) is 23.2. The summed E-state index contributed by atoms with van der Waals surface area (Å²) in [7, 11) is 1.60. The van der Waals surface area contributed by atoms with E-state index in [1.807, 2.05) is 80.3 Å². The lowest BCUT2D eigenvalue weighted by Crippen LogP contribution is -2.55. The molecule has 0 radical (unpaired) electrons. The Morgan fingerprint density at radius 1 is 1.08 bits per heavy atom. The molecular formula is C41H50N4O7. The number of hydrogen-bond acceptors (Lipinski definition) is 8. The van der Waals surface area contributed by atoms with E-state index in [0.29, 0.717) is 42.2 Å². The number of aromatic nitrogens is 1. The standard InChI is InChI=1S/C41H50N4O7/c1-7-27-24-41(27,39(49)51-8-2)43-37(47)34-21-29(25-45(34)38(48)31(40(3,4)5)22-36(46)44-18-12-13-19-44)52-35-23-32(26-14-10-9-11-15-26)42-33-20-28(50-6)16-17-30(33)35/h7,9-11,14-17,20,23,27,29,31,34H,1,8,12-13,18-19,21-22,24-25H2,2-6H3,(H,43,47)/t27?,29-,31?,34+,41?/m1/s1. The Labute approximate surface area is 305 Å². The van der Waals surface area contributed by atoms with E-state index in [-0.39, 0.29) is 43.7 Å². The van der Waals surface area contributed by atoms with Gasteiger partial charge in [-0.2, -0.15) is 0 Å². The van der Waals surface area contributed by atoms with Crippen LogP contribution >= 0.6 is 0 Å². The number of ether oxygens (including phenoxy) is 3. The van der Waals surface area contributed by atoms with Crippen molar-refractivity contribution < 1.29 is 33.4 Å². The minimum atomic E-state index is -1.23. The number of fused-ring (bicyclic) bond motifs is 1. The van der Waals surface area contributed by atoms with Crippen LogP contribution in [0.4, 0.5) is 0 Å². The van der Waals surface area contributed by atoms with Crippen molar-refractivity contribution in [2.75, 3.05) is 33.4 Å². The molecule has 2 saturated heterocycles. The number of esters is 1. The average Bonchev–Trinajstić information content (AvgIpc) is 3.42. The summed E-state index contributed by atoms with van der Waals surface area (Å²) >= 11 is 0. The number of amides is 3. The van der Waals surface area contributed by atoms with Crippen LogP contribution in [-0.4, -0.2) is 89.5 Å². The predicted molar refractivity (Wildman–Crippen MR) is 197 cm³/mol. The maximum Gasteiger partial charge on any atom is 0.332 e. The van der Waals surface area contributed by atoms with Crippen LogP contribution in [0.3, 0.4) is 0 Å². The van der Waals surface area contributed by atoms with Gasteiger partial charge >= 0.3 is 5.97 Å². The molecule has 5 atom stereocenters. The molecule has 3 aliphatic rings. The Balaban J connectivity index is 1.34. The summed E-state index contributed by atoms with van der Waals surface area (Å²) in [5, 5.41) is 3.72. The number of nitrogens with one attached hydrogen (secondary N) is 1. The van der Waals surface area contributed by atoms with E-state index in [0.717, 1.165) is 23.8 Å². The van der Waals surface area contributed by atoms with E-state index in [4.69, 9.17) is 19.2 Å². The molecule has 11 heteroatoms. The van der Waals surface area contributed by atoms with Gasteiger partial charge in [0.15, 0.2) is 0 Å². The maximum absolute atomic E-state index is 14.7. The lowest BCUT2D eigenvalue weighted by Gasteiger charge is -2.35. The Morgan fingerprint density at radius 3 is 2.44 bits per heavy atom. The van der Waals surface area contributed by atoms with Crippen molar-refractivity contribution in [3.63, 3.8) is 0 Å². The molecular weight excluding hydrogens is 660 g/mol. The summed E-state index contributed by atoms with van der Waals surface area (Å²) in [6.45, 7) is 13.1. The van der Waals surface area contributed by atoms with Crippen molar-refractivity contribution in [3.8, 4) is 22.8 Å². The van der Waals surface area contributed by atoms with Gasteiger partial charge in [-0.15, -0.1) is 6.58 Å². The van der Waals surface area contributed by atoms with Crippen molar-refractivity contribution in [2.24, 2.45) is 17.3 Å². The number of likely N-dealkylation sites (tertiary alicyclic amines) is 2. The molecule has 11 nitrogen and oxygen atoms in total. The van der Waals surface area contributed by atoms with Crippen LogP contribution in [-0.2, 0) is 23.9 Å². The summed E-state index contributed by atoms with van der Waals surface area (Å²) in [5.41, 5.74) is 0.463. The van der Waals surface area contributed by atoms with E-state index < -0.39 is 40.9 Å². The Bertz CT molecular complexity index is 1830. The summed E-state index contributed by atoms with van der Waals surface area (Å²) < 4.78 is 17.6. The summed E-state index contributed by atoms with van der Waals surface area (Å²) in [6, 6.07) is 16.3. The van der Waals surface area contributed by atoms with Gasteiger partial charge in [0.1, 0.15) is 29.2 Å². The first-order valence-electron chi connectivity index (χ1n) is 18.3. The van der Waals surface area contributed by atoms with Gasteiger partial charge in [0, 0.05) is 54.9 Å². The average molecular weight is 711 g/mol. The molecule has 3 amide bonds. The highest BCUT2D eigenvalue weighted by Crippen LogP contribution is 2.46. The molecule has 276 valence electrons. The first-order chi connectivity index (χ1) is 24.9. The van der Waals surface area contributed by atoms with Gasteiger partial charge in [-0.05, 0) is 43.7 Å². The second-order valence-electron chi connectivity index (χ2n) is 15.2. The molecule has 1 aromatic heterocycles. The second-order valence-corrected chi connectivity index (χ2v) is 15.2. The monoisotopic (exact) mass is 710 g/mol. The van der Waals surface area contributed by atoms with Gasteiger partial charge in [-0.25, -0.2) is 9.78 Å². The SMILES string of the molecule is C=CC1CC1(NC(=O)[C@@H]1C[C@@H](Oc2cc(-c3ccccc3)nc3cc(OC)ccc23)CN1C(=O)C(CC(=O)N1CCCC1)C(C)(C)C)C(=O)OCC. The number of nitrogens with zero attached hydrogens (tertiary/aromatic N) is 3. The van der Waals surface area contributed by atoms with Crippen molar-refractivity contribution >= 4 is 34.6 Å². The van der Waals surface area contributed by atoms with Crippen LogP contribution in [0.5, 0.6) is 11.5 Å². The van der Waals surface area contributed by atoms with Crippen LogP contribution < -0.4 is 14.8 Å². The van der Waals surface area contributed by atoms with E-state index in [2.05, 4.69) is 11.9 Å². The number of rotatable bonds is 12. The molecule has 52 heavy (non-hydrogen) atoms. The molecule has 2 aliphatic heterocycles. The molecule has 6 rings (SSSR count). The predicted octanol–water partition coefficient (Wildman–Crippen LogP) is 5.56. The van der Waals surface area contributed by atoms with Gasteiger partial charge in [0.25, 0.3) is 0 Å². The fourth-order valence-corrected chi connectivity index (χ4v) is 7.51. The molecule has 1 aliphatic carbocycles. The van der Waals surface area contributed by atoms with Gasteiger partial charge in [-0.1, -0.05) is 57.2 Å². The number of carbonyl (C=O) groups excluding carboxylic acids is 4. The molecule has 3 fully saturated rings. The summed E-state index contributed by atoms with van der Waals surface area (Å²) in [6.07, 6.45) is 3.54. The van der Waals surface area contributed by atoms with E-state index >= 15 is 0 Å². The van der Waals surface area contributed by atoms with Gasteiger partial charge in [0.05, 0.1) is 37.4 Å². The number of benzene rings is 2. The molecule has 0 bridgehead atoms. The van der Waals surface area contributed by atoms with Crippen LogP contribution in [0.15, 0.2) is 67.3 Å². The van der Waals surface area contributed by atoms with Crippen LogP contribution in [0.25, 0.3) is 22.2 Å². The largest absolute Gasteiger partial charge is 0.497 e. The highest BCUT2D eigenvalue weighted by Gasteiger charge is 2.62. The highest BCUT2D eigenvalue weighted by molar-refractivity contribution is 5.96. The first-order valence-corrected chi connectivity index (χ1v) is 18.3. The second kappa shape index (κ2) is 15.0. The van der Waals surface area contributed by atoms with Crippen molar-refractivity contribution in [2.45, 2.75) is 77.5 Å². The summed E-state index contributed by atoms with van der Waals surface area (Å²) in [4.78, 5) is 63.9. The van der Waals surface area contributed by atoms with Crippen molar-refractivity contribution in [3.05, 3.63) is 67.3 Å². The molecule has 3 heterocycles. The third-order valence-electron chi connectivity index (χ3n) is 10.7. The van der Waals surface area contributed by atoms with E-state index in [9.17, 15) is 19.2 Å². The van der Waals surface area contributed by atoms with Gasteiger partial charge < -0.3 is 29.3 Å². The topological polar surface area (TPSA) is 127 Å². The zero-order valence-corrected chi connectivity index (χ0v) is 30.9. The first kappa shape index (κ1) is 36.8. The number of pyridine rings is 1. The van der Waals surface area contributed by atoms with Crippen LogP contribution in [0, 0.1) is 17.3 Å². The van der Waals surface area contributed by atoms with E-state index in [1.54, 1.807) is 25.0 Å². The molecule has 1 saturated carbocycles. The smallest absolute Gasteiger partial charge is 0.332 e. The number of methoxy groups -OCH3 is 1. The Hall–Kier alpha value is -4.93. The fourth-order valence-electron chi connectivity index (χ4n) is 7.51. The van der Waals surface area contributed by atoms with Crippen molar-refractivity contribution in [1.29, 1.82) is 0 Å². The zero-order valence-electron chi connectivity index (χ0n) is 30.9. The molecule has 3 aromatic rings. The molecule has 1 N–H and O–H groups in total. The Kier molecular flexibility index (Phi) is 10.6. The molecule has 2 aromatic carbocycles. The lowest BCUT2D eigenvalue weighted by atomic mass is 9.77. The van der Waals surface area contributed by atoms with Crippen LogP contribution in [0.1, 0.15) is 59.8 Å². The third-order valence-corrected chi connectivity index (χ3v) is 10.7. The van der Waals surface area contributed by atoms with Gasteiger partial charge in [0.2, 0.25) is 17.7 Å². The molecule has 3 unspecified atom stereocenters. The number of carbonyl (C=O) groups is 4. The minimum Gasteiger partial charge on any atom is -0.497 e. The summed E-state index contributed by atoms with van der Waals surface area (Å²) in [5.74, 6) is -1.10. The third kappa shape index (κ3) is 7.49. The quantitative estimate of drug-likeness (QED) is 0.191. The van der Waals surface area contributed by atoms with Crippen LogP contribution in [0.2, 0.25) is 0 Å². The van der Waals surface area contributed by atoms with Crippen molar-refractivity contribution in [1.82, 2.24) is 20.1 Å².